The van der Waals surface area contributed by atoms with Crippen LogP contribution >= 0.6 is 0 Å². The summed E-state index contributed by atoms with van der Waals surface area (Å²) in [7, 11) is 0. The Morgan fingerprint density at radius 2 is 2.21 bits per heavy atom. The van der Waals surface area contributed by atoms with Gasteiger partial charge in [-0.2, -0.15) is 0 Å². The molecule has 1 aromatic carbocycles. The van der Waals surface area contributed by atoms with Gasteiger partial charge in [0.2, 0.25) is 6.79 Å². The maximum Gasteiger partial charge on any atom is 0.231 e. The zero-order chi connectivity index (χ0) is 13.1. The van der Waals surface area contributed by atoms with Crippen molar-refractivity contribution in [3.63, 3.8) is 0 Å². The van der Waals surface area contributed by atoms with Crippen molar-refractivity contribution in [2.24, 2.45) is 0 Å². The maximum absolute atomic E-state index is 10.1. The van der Waals surface area contributed by atoms with Crippen molar-refractivity contribution in [1.82, 2.24) is 0 Å². The van der Waals surface area contributed by atoms with Gasteiger partial charge in [0.25, 0.3) is 0 Å². The van der Waals surface area contributed by atoms with E-state index in [1.54, 1.807) is 12.1 Å². The molecule has 3 rings (SSSR count). The molecule has 0 bridgehead atoms. The lowest BCUT2D eigenvalue weighted by molar-refractivity contribution is -0.0176. The number of rotatable bonds is 5. The SMILES string of the molecule is OC(COCC1CCCO1)c1ccc2c(c1)OCO2. The minimum Gasteiger partial charge on any atom is -0.454 e. The Morgan fingerprint density at radius 3 is 3.05 bits per heavy atom. The fourth-order valence-corrected chi connectivity index (χ4v) is 2.30. The minimum absolute atomic E-state index is 0.184. The van der Waals surface area contributed by atoms with Crippen LogP contribution in [-0.2, 0) is 9.47 Å². The van der Waals surface area contributed by atoms with E-state index in [9.17, 15) is 5.11 Å². The first-order chi connectivity index (χ1) is 9.33. The van der Waals surface area contributed by atoms with Crippen LogP contribution in [0.25, 0.3) is 0 Å². The van der Waals surface area contributed by atoms with Gasteiger partial charge in [0.1, 0.15) is 6.10 Å². The second-order valence-electron chi connectivity index (χ2n) is 4.80. The van der Waals surface area contributed by atoms with Crippen LogP contribution in [0.2, 0.25) is 0 Å². The monoisotopic (exact) mass is 266 g/mol. The number of ether oxygens (including phenoxy) is 4. The molecule has 104 valence electrons. The molecule has 5 heteroatoms. The summed E-state index contributed by atoms with van der Waals surface area (Å²) in [6, 6.07) is 5.43. The summed E-state index contributed by atoms with van der Waals surface area (Å²) in [6.07, 6.45) is 1.67. The Balaban J connectivity index is 1.50. The van der Waals surface area contributed by atoms with Crippen LogP contribution in [0.3, 0.4) is 0 Å². The van der Waals surface area contributed by atoms with Crippen LogP contribution in [-0.4, -0.2) is 37.8 Å². The quantitative estimate of drug-likeness (QED) is 0.878. The predicted octanol–water partition coefficient (Wildman–Crippen LogP) is 1.64. The van der Waals surface area contributed by atoms with Gasteiger partial charge in [-0.25, -0.2) is 0 Å². The summed E-state index contributed by atoms with van der Waals surface area (Å²) in [5.41, 5.74) is 0.775. The highest BCUT2D eigenvalue weighted by molar-refractivity contribution is 5.45. The highest BCUT2D eigenvalue weighted by Crippen LogP contribution is 2.34. The number of hydrogen-bond donors (Lipinski definition) is 1. The molecule has 0 saturated carbocycles. The number of aliphatic hydroxyl groups is 1. The third-order valence-electron chi connectivity index (χ3n) is 3.38. The fraction of sp³-hybridized carbons (Fsp3) is 0.571. The molecule has 1 saturated heterocycles. The number of hydrogen-bond acceptors (Lipinski definition) is 5. The van der Waals surface area contributed by atoms with Crippen LogP contribution < -0.4 is 9.47 Å². The topological polar surface area (TPSA) is 57.2 Å². The molecular formula is C14H18O5. The Labute approximate surface area is 112 Å². The molecule has 0 amide bonds. The molecule has 0 aliphatic carbocycles. The third-order valence-corrected chi connectivity index (χ3v) is 3.38. The summed E-state index contributed by atoms with van der Waals surface area (Å²) >= 11 is 0. The van der Waals surface area contributed by atoms with E-state index in [-0.39, 0.29) is 19.5 Å². The van der Waals surface area contributed by atoms with E-state index in [1.807, 2.05) is 6.07 Å². The molecule has 1 fully saturated rings. The molecule has 1 aromatic rings. The molecule has 5 nitrogen and oxygen atoms in total. The Hall–Kier alpha value is -1.30. The largest absolute Gasteiger partial charge is 0.454 e. The average molecular weight is 266 g/mol. The lowest BCUT2D eigenvalue weighted by Crippen LogP contribution is -2.17. The Morgan fingerprint density at radius 1 is 1.32 bits per heavy atom. The van der Waals surface area contributed by atoms with Crippen LogP contribution in [0.4, 0.5) is 0 Å². The molecule has 0 spiro atoms. The first kappa shape index (κ1) is 12.7. The van der Waals surface area contributed by atoms with Crippen molar-refractivity contribution in [2.45, 2.75) is 25.0 Å². The Bertz CT molecular complexity index is 428. The fourth-order valence-electron chi connectivity index (χ4n) is 2.30. The summed E-state index contributed by atoms with van der Waals surface area (Å²) in [6.45, 7) is 1.87. The van der Waals surface area contributed by atoms with Crippen molar-refractivity contribution in [3.8, 4) is 11.5 Å². The van der Waals surface area contributed by atoms with Gasteiger partial charge in [-0.3, -0.25) is 0 Å². The van der Waals surface area contributed by atoms with Gasteiger partial charge < -0.3 is 24.1 Å². The van der Waals surface area contributed by atoms with E-state index < -0.39 is 6.10 Å². The van der Waals surface area contributed by atoms with Gasteiger partial charge in [0.05, 0.1) is 19.3 Å². The molecule has 2 heterocycles. The summed E-state index contributed by atoms with van der Waals surface area (Å²) in [5, 5.41) is 10.1. The van der Waals surface area contributed by atoms with Gasteiger partial charge in [0.15, 0.2) is 11.5 Å². The summed E-state index contributed by atoms with van der Waals surface area (Å²) in [5.74, 6) is 1.40. The maximum atomic E-state index is 10.1. The molecule has 2 aliphatic heterocycles. The molecule has 2 atom stereocenters. The second kappa shape index (κ2) is 5.77. The first-order valence-corrected chi connectivity index (χ1v) is 6.60. The van der Waals surface area contributed by atoms with Crippen LogP contribution in [0, 0.1) is 0 Å². The van der Waals surface area contributed by atoms with Crippen LogP contribution in [0.1, 0.15) is 24.5 Å². The van der Waals surface area contributed by atoms with Gasteiger partial charge >= 0.3 is 0 Å². The normalized spacial score (nSPS) is 22.7. The van der Waals surface area contributed by atoms with Crippen LogP contribution in [0.5, 0.6) is 11.5 Å². The van der Waals surface area contributed by atoms with Gasteiger partial charge in [-0.15, -0.1) is 0 Å². The smallest absolute Gasteiger partial charge is 0.231 e. The van der Waals surface area contributed by atoms with E-state index in [2.05, 4.69) is 0 Å². The highest BCUT2D eigenvalue weighted by Gasteiger charge is 2.18. The second-order valence-corrected chi connectivity index (χ2v) is 4.80. The van der Waals surface area contributed by atoms with E-state index in [4.69, 9.17) is 18.9 Å². The molecule has 2 aliphatic rings. The third kappa shape index (κ3) is 3.00. The van der Waals surface area contributed by atoms with E-state index in [0.717, 1.165) is 30.8 Å². The zero-order valence-electron chi connectivity index (χ0n) is 10.7. The lowest BCUT2D eigenvalue weighted by atomic mass is 10.1. The number of aliphatic hydroxyl groups excluding tert-OH is 1. The van der Waals surface area contributed by atoms with Crippen molar-refractivity contribution in [1.29, 1.82) is 0 Å². The van der Waals surface area contributed by atoms with E-state index >= 15 is 0 Å². The molecule has 2 unspecified atom stereocenters. The summed E-state index contributed by atoms with van der Waals surface area (Å²) < 4.78 is 21.5. The zero-order valence-corrected chi connectivity index (χ0v) is 10.7. The summed E-state index contributed by atoms with van der Waals surface area (Å²) in [4.78, 5) is 0. The van der Waals surface area contributed by atoms with Gasteiger partial charge in [0, 0.05) is 6.61 Å². The molecule has 0 aromatic heterocycles. The van der Waals surface area contributed by atoms with Crippen molar-refractivity contribution in [3.05, 3.63) is 23.8 Å². The van der Waals surface area contributed by atoms with Crippen molar-refractivity contribution in [2.75, 3.05) is 26.6 Å². The average Bonchev–Trinajstić information content (AvgIpc) is 3.08. The Kier molecular flexibility index (Phi) is 3.87. The standard InChI is InChI=1S/C14H18O5/c15-12(8-16-7-11-2-1-5-17-11)10-3-4-13-14(6-10)19-9-18-13/h3-4,6,11-12,15H,1-2,5,7-9H2. The number of benzene rings is 1. The highest BCUT2D eigenvalue weighted by atomic mass is 16.7. The van der Waals surface area contributed by atoms with Crippen molar-refractivity contribution >= 4 is 0 Å². The lowest BCUT2D eigenvalue weighted by Gasteiger charge is -2.14. The van der Waals surface area contributed by atoms with Crippen LogP contribution in [0.15, 0.2) is 18.2 Å². The number of fused-ring (bicyclic) bond motifs is 1. The first-order valence-electron chi connectivity index (χ1n) is 6.60. The predicted molar refractivity (Wildman–Crippen MR) is 67.3 cm³/mol. The molecular weight excluding hydrogens is 248 g/mol. The molecule has 1 N–H and O–H groups in total. The molecule has 19 heavy (non-hydrogen) atoms. The van der Waals surface area contributed by atoms with E-state index in [1.165, 1.54) is 0 Å². The molecule has 0 radical (unpaired) electrons. The van der Waals surface area contributed by atoms with E-state index in [0.29, 0.717) is 12.4 Å². The van der Waals surface area contributed by atoms with Gasteiger partial charge in [-0.05, 0) is 30.5 Å². The van der Waals surface area contributed by atoms with Gasteiger partial charge in [-0.1, -0.05) is 6.07 Å². The minimum atomic E-state index is -0.657. The van der Waals surface area contributed by atoms with Crippen molar-refractivity contribution < 1.29 is 24.1 Å².